The van der Waals surface area contributed by atoms with E-state index in [1.807, 2.05) is 38.1 Å². The number of carbonyl (C=O) groups is 1. The Hall–Kier alpha value is -0.930. The van der Waals surface area contributed by atoms with Crippen LogP contribution in [0, 0.1) is 5.92 Å². The van der Waals surface area contributed by atoms with E-state index in [1.165, 1.54) is 0 Å². The van der Waals surface area contributed by atoms with Crippen molar-refractivity contribution in [3.8, 4) is 10.4 Å². The third-order valence-corrected chi connectivity index (χ3v) is 4.12. The van der Waals surface area contributed by atoms with E-state index < -0.39 is 0 Å². The van der Waals surface area contributed by atoms with Crippen molar-refractivity contribution in [3.05, 3.63) is 45.7 Å². The molecule has 0 bridgehead atoms. The van der Waals surface area contributed by atoms with Crippen LogP contribution >= 0.6 is 27.3 Å². The van der Waals surface area contributed by atoms with Gasteiger partial charge in [-0.3, -0.25) is 4.79 Å². The molecule has 88 valence electrons. The van der Waals surface area contributed by atoms with Gasteiger partial charge in [0.1, 0.15) is 0 Å². The molecule has 2 rings (SSSR count). The van der Waals surface area contributed by atoms with E-state index in [-0.39, 0.29) is 11.7 Å². The molecule has 17 heavy (non-hydrogen) atoms. The summed E-state index contributed by atoms with van der Waals surface area (Å²) in [6, 6.07) is 12.1. The van der Waals surface area contributed by atoms with Crippen LogP contribution in [0.25, 0.3) is 10.4 Å². The minimum Gasteiger partial charge on any atom is -0.293 e. The summed E-state index contributed by atoms with van der Waals surface area (Å²) in [5.74, 6) is 0.278. The van der Waals surface area contributed by atoms with Crippen LogP contribution in [0.5, 0.6) is 0 Å². The van der Waals surface area contributed by atoms with Gasteiger partial charge in [0.2, 0.25) is 0 Å². The number of ketones is 1. The zero-order valence-corrected chi connectivity index (χ0v) is 12.1. The van der Waals surface area contributed by atoms with Gasteiger partial charge in [0.15, 0.2) is 5.78 Å². The number of Topliss-reactive ketones (excluding diaryl/α,β-unsaturated/α-hetero) is 1. The molecular weight excluding hydrogens is 296 g/mol. The van der Waals surface area contributed by atoms with Crippen LogP contribution in [0.15, 0.2) is 40.9 Å². The van der Waals surface area contributed by atoms with Gasteiger partial charge in [0.05, 0.1) is 4.88 Å². The maximum Gasteiger partial charge on any atom is 0.175 e. The van der Waals surface area contributed by atoms with Crippen molar-refractivity contribution in [2.24, 2.45) is 5.92 Å². The average molecular weight is 309 g/mol. The van der Waals surface area contributed by atoms with Gasteiger partial charge in [-0.05, 0) is 29.8 Å². The minimum atomic E-state index is 0.0593. The van der Waals surface area contributed by atoms with Crippen LogP contribution in [-0.4, -0.2) is 5.78 Å². The number of rotatable bonds is 3. The molecular formula is C14H13BrOS. The van der Waals surface area contributed by atoms with E-state index in [1.54, 1.807) is 11.3 Å². The van der Waals surface area contributed by atoms with E-state index in [4.69, 9.17) is 0 Å². The topological polar surface area (TPSA) is 17.1 Å². The predicted molar refractivity (Wildman–Crippen MR) is 76.6 cm³/mol. The molecule has 0 aliphatic rings. The van der Waals surface area contributed by atoms with Gasteiger partial charge in [-0.25, -0.2) is 0 Å². The second-order valence-corrected chi connectivity index (χ2v) is 6.19. The van der Waals surface area contributed by atoms with Gasteiger partial charge in [-0.15, -0.1) is 11.3 Å². The maximum atomic E-state index is 11.9. The zero-order valence-electron chi connectivity index (χ0n) is 9.74. The Labute approximate surface area is 114 Å². The Balaban J connectivity index is 2.33. The maximum absolute atomic E-state index is 11.9. The number of carbonyl (C=O) groups excluding carboxylic acids is 1. The minimum absolute atomic E-state index is 0.0593. The first kappa shape index (κ1) is 12.5. The molecule has 0 spiro atoms. The molecule has 0 N–H and O–H groups in total. The van der Waals surface area contributed by atoms with E-state index in [9.17, 15) is 4.79 Å². The lowest BCUT2D eigenvalue weighted by Gasteiger charge is -2.00. The number of hydrogen-bond acceptors (Lipinski definition) is 2. The van der Waals surface area contributed by atoms with E-state index in [0.29, 0.717) is 0 Å². The second-order valence-electron chi connectivity index (χ2n) is 4.19. The molecule has 2 aromatic rings. The summed E-state index contributed by atoms with van der Waals surface area (Å²) < 4.78 is 1.06. The highest BCUT2D eigenvalue weighted by atomic mass is 79.9. The molecule has 0 fully saturated rings. The number of thiophene rings is 1. The van der Waals surface area contributed by atoms with Crippen molar-refractivity contribution in [3.63, 3.8) is 0 Å². The lowest BCUT2D eigenvalue weighted by Crippen LogP contribution is -2.04. The van der Waals surface area contributed by atoms with Crippen LogP contribution in [0.4, 0.5) is 0 Å². The van der Waals surface area contributed by atoms with Crippen molar-refractivity contribution < 1.29 is 4.79 Å². The first-order valence-corrected chi connectivity index (χ1v) is 7.09. The quantitative estimate of drug-likeness (QED) is 0.728. The Kier molecular flexibility index (Phi) is 3.79. The number of hydrogen-bond donors (Lipinski definition) is 0. The molecule has 0 saturated heterocycles. The van der Waals surface area contributed by atoms with Crippen molar-refractivity contribution in [1.82, 2.24) is 0 Å². The highest BCUT2D eigenvalue weighted by Gasteiger charge is 2.13. The highest BCUT2D eigenvalue weighted by molar-refractivity contribution is 9.10. The smallest absolute Gasteiger partial charge is 0.175 e. The molecule has 1 aromatic carbocycles. The fourth-order valence-corrected chi connectivity index (χ4v) is 3.04. The van der Waals surface area contributed by atoms with Gasteiger partial charge >= 0.3 is 0 Å². The monoisotopic (exact) mass is 308 g/mol. The average Bonchev–Trinajstić information content (AvgIpc) is 2.77. The van der Waals surface area contributed by atoms with Gasteiger partial charge in [0, 0.05) is 15.3 Å². The Morgan fingerprint density at radius 2 is 2.00 bits per heavy atom. The lowest BCUT2D eigenvalue weighted by molar-refractivity contribution is 0.0943. The largest absolute Gasteiger partial charge is 0.293 e. The molecule has 0 saturated carbocycles. The Bertz CT molecular complexity index is 543. The molecule has 0 aliphatic carbocycles. The van der Waals surface area contributed by atoms with E-state index in [0.717, 1.165) is 19.8 Å². The van der Waals surface area contributed by atoms with Gasteiger partial charge in [0.25, 0.3) is 0 Å². The lowest BCUT2D eigenvalue weighted by atomic mass is 10.1. The first-order valence-electron chi connectivity index (χ1n) is 5.48. The molecule has 0 aliphatic heterocycles. The van der Waals surface area contributed by atoms with Gasteiger partial charge in [-0.1, -0.05) is 41.9 Å². The Morgan fingerprint density at radius 1 is 1.24 bits per heavy atom. The van der Waals surface area contributed by atoms with Crippen molar-refractivity contribution in [2.75, 3.05) is 0 Å². The molecule has 1 heterocycles. The highest BCUT2D eigenvalue weighted by Crippen LogP contribution is 2.30. The van der Waals surface area contributed by atoms with Crippen LogP contribution in [-0.2, 0) is 0 Å². The van der Waals surface area contributed by atoms with E-state index >= 15 is 0 Å². The molecule has 0 radical (unpaired) electrons. The van der Waals surface area contributed by atoms with Crippen LogP contribution in [0.2, 0.25) is 0 Å². The van der Waals surface area contributed by atoms with Gasteiger partial charge in [-0.2, -0.15) is 0 Å². The molecule has 0 unspecified atom stereocenters. The summed E-state index contributed by atoms with van der Waals surface area (Å²) in [6.45, 7) is 3.86. The molecule has 0 amide bonds. The summed E-state index contributed by atoms with van der Waals surface area (Å²) in [4.78, 5) is 13.8. The summed E-state index contributed by atoms with van der Waals surface area (Å²) in [5, 5.41) is 0. The first-order chi connectivity index (χ1) is 8.08. The third kappa shape index (κ3) is 2.85. The van der Waals surface area contributed by atoms with Crippen LogP contribution in [0.3, 0.4) is 0 Å². The second kappa shape index (κ2) is 5.15. The third-order valence-electron chi connectivity index (χ3n) is 2.48. The summed E-state index contributed by atoms with van der Waals surface area (Å²) in [6.07, 6.45) is 0. The summed E-state index contributed by atoms with van der Waals surface area (Å²) in [7, 11) is 0. The van der Waals surface area contributed by atoms with E-state index in [2.05, 4.69) is 28.1 Å². The fraction of sp³-hybridized carbons (Fsp3) is 0.214. The SMILES string of the molecule is CC(C)C(=O)c1ccc(-c2cccc(Br)c2)s1. The normalized spacial score (nSPS) is 10.8. The van der Waals surface area contributed by atoms with Crippen LogP contribution in [0.1, 0.15) is 23.5 Å². The molecule has 1 nitrogen and oxygen atoms in total. The Morgan fingerprint density at radius 3 is 2.65 bits per heavy atom. The van der Waals surface area contributed by atoms with Crippen molar-refractivity contribution in [2.45, 2.75) is 13.8 Å². The summed E-state index contributed by atoms with van der Waals surface area (Å²) >= 11 is 5.02. The molecule has 3 heteroatoms. The molecule has 1 aromatic heterocycles. The fourth-order valence-electron chi connectivity index (χ4n) is 1.55. The standard InChI is InChI=1S/C14H13BrOS/c1-9(2)14(16)13-7-6-12(17-13)10-4-3-5-11(15)8-10/h3-9H,1-2H3. The summed E-state index contributed by atoms with van der Waals surface area (Å²) in [5.41, 5.74) is 1.15. The number of benzene rings is 1. The number of halogens is 1. The zero-order chi connectivity index (χ0) is 12.4. The van der Waals surface area contributed by atoms with Crippen molar-refractivity contribution in [1.29, 1.82) is 0 Å². The molecule has 0 atom stereocenters. The van der Waals surface area contributed by atoms with Crippen LogP contribution < -0.4 is 0 Å². The van der Waals surface area contributed by atoms with Gasteiger partial charge < -0.3 is 0 Å². The predicted octanol–water partition coefficient (Wildman–Crippen LogP) is 5.02. The van der Waals surface area contributed by atoms with Crippen molar-refractivity contribution >= 4 is 33.0 Å².